The summed E-state index contributed by atoms with van der Waals surface area (Å²) in [6.07, 6.45) is 0. The molecule has 2 rings (SSSR count). The van der Waals surface area contributed by atoms with Crippen LogP contribution in [0.15, 0.2) is 6.07 Å². The van der Waals surface area contributed by atoms with E-state index in [9.17, 15) is 4.79 Å². The fourth-order valence-electron chi connectivity index (χ4n) is 2.09. The number of carbonyl (C=O) groups is 1. The third kappa shape index (κ3) is 3.60. The van der Waals surface area contributed by atoms with Crippen molar-refractivity contribution in [3.05, 3.63) is 10.9 Å². The van der Waals surface area contributed by atoms with E-state index in [1.54, 1.807) is 18.4 Å². The first-order chi connectivity index (χ1) is 9.90. The fraction of sp³-hybridized carbons (Fsp3) is 0.500. The number of carbonyl (C=O) groups excluding carboxylic acids is 1. The summed E-state index contributed by atoms with van der Waals surface area (Å²) >= 11 is 1.62. The molecule has 21 heavy (non-hydrogen) atoms. The minimum atomic E-state index is -0.0165. The van der Waals surface area contributed by atoms with Crippen LogP contribution in [0.1, 0.15) is 18.7 Å². The van der Waals surface area contributed by atoms with Crippen LogP contribution in [-0.2, 0) is 4.79 Å². The van der Waals surface area contributed by atoms with Crippen molar-refractivity contribution in [3.63, 3.8) is 0 Å². The Morgan fingerprint density at radius 1 is 1.43 bits per heavy atom. The second-order valence-corrected chi connectivity index (χ2v) is 6.51. The summed E-state index contributed by atoms with van der Waals surface area (Å²) < 4.78 is 0. The molecule has 0 atom stereocenters. The van der Waals surface area contributed by atoms with Gasteiger partial charge in [-0.3, -0.25) is 4.79 Å². The van der Waals surface area contributed by atoms with E-state index in [0.29, 0.717) is 5.95 Å². The van der Waals surface area contributed by atoms with Gasteiger partial charge in [0, 0.05) is 25.0 Å². The van der Waals surface area contributed by atoms with E-state index in [-0.39, 0.29) is 18.5 Å². The van der Waals surface area contributed by atoms with Crippen LogP contribution in [0.5, 0.6) is 0 Å². The van der Waals surface area contributed by atoms with Crippen molar-refractivity contribution >= 4 is 39.2 Å². The van der Waals surface area contributed by atoms with Crippen molar-refractivity contribution in [1.82, 2.24) is 15.3 Å². The quantitative estimate of drug-likeness (QED) is 0.884. The van der Waals surface area contributed by atoms with Crippen LogP contribution in [0, 0.1) is 6.92 Å². The smallest absolute Gasteiger partial charge is 0.239 e. The van der Waals surface area contributed by atoms with Crippen LogP contribution in [0.4, 0.5) is 11.8 Å². The van der Waals surface area contributed by atoms with Gasteiger partial charge in [-0.1, -0.05) is 0 Å². The fourth-order valence-corrected chi connectivity index (χ4v) is 2.96. The molecule has 7 heteroatoms. The minimum Gasteiger partial charge on any atom is -0.357 e. The number of amides is 1. The third-order valence-corrected chi connectivity index (χ3v) is 3.86. The van der Waals surface area contributed by atoms with E-state index in [1.165, 1.54) is 4.88 Å². The maximum Gasteiger partial charge on any atom is 0.239 e. The largest absolute Gasteiger partial charge is 0.357 e. The molecule has 1 amide bonds. The molecule has 0 aromatic carbocycles. The molecule has 0 aliphatic rings. The number of aryl methyl sites for hydroxylation is 1. The summed E-state index contributed by atoms with van der Waals surface area (Å²) in [5.74, 6) is 1.32. The van der Waals surface area contributed by atoms with Gasteiger partial charge in [-0.25, -0.2) is 4.98 Å². The Balaban J connectivity index is 2.33. The zero-order valence-corrected chi connectivity index (χ0v) is 13.8. The molecule has 0 aliphatic carbocycles. The van der Waals surface area contributed by atoms with Crippen LogP contribution in [0.3, 0.4) is 0 Å². The first-order valence-corrected chi connectivity index (χ1v) is 7.68. The number of nitrogens with zero attached hydrogens (tertiary/aromatic N) is 3. The lowest BCUT2D eigenvalue weighted by Gasteiger charge is -2.20. The van der Waals surface area contributed by atoms with Gasteiger partial charge >= 0.3 is 0 Å². The summed E-state index contributed by atoms with van der Waals surface area (Å²) in [5.41, 5.74) is 0. The Kier molecular flexibility index (Phi) is 4.62. The van der Waals surface area contributed by atoms with E-state index >= 15 is 0 Å². The molecule has 0 bridgehead atoms. The molecule has 2 aromatic rings. The Morgan fingerprint density at radius 2 is 2.14 bits per heavy atom. The molecule has 2 N–H and O–H groups in total. The molecule has 0 spiro atoms. The van der Waals surface area contributed by atoms with Crippen LogP contribution in [-0.4, -0.2) is 42.6 Å². The van der Waals surface area contributed by atoms with E-state index in [1.807, 2.05) is 32.7 Å². The van der Waals surface area contributed by atoms with Crippen LogP contribution in [0.2, 0.25) is 0 Å². The molecule has 0 aliphatic heterocycles. The van der Waals surface area contributed by atoms with Gasteiger partial charge in [-0.05, 0) is 26.8 Å². The summed E-state index contributed by atoms with van der Waals surface area (Å²) in [6, 6.07) is 2.19. The first kappa shape index (κ1) is 15.5. The molecule has 0 fully saturated rings. The van der Waals surface area contributed by atoms with Gasteiger partial charge in [0.25, 0.3) is 0 Å². The van der Waals surface area contributed by atoms with Crippen LogP contribution >= 0.6 is 11.3 Å². The number of nitrogens with one attached hydrogen (secondary N) is 2. The van der Waals surface area contributed by atoms with E-state index in [2.05, 4.69) is 26.7 Å². The number of hydrogen-bond donors (Lipinski definition) is 2. The third-order valence-electron chi connectivity index (χ3n) is 2.91. The average molecular weight is 307 g/mol. The molecule has 0 radical (unpaired) electrons. The van der Waals surface area contributed by atoms with E-state index < -0.39 is 0 Å². The normalized spacial score (nSPS) is 11.0. The average Bonchev–Trinajstić information content (AvgIpc) is 2.76. The lowest BCUT2D eigenvalue weighted by Crippen LogP contribution is -2.38. The maximum atomic E-state index is 11.9. The monoisotopic (exact) mass is 307 g/mol. The Labute approximate surface area is 128 Å². The first-order valence-electron chi connectivity index (χ1n) is 6.87. The van der Waals surface area contributed by atoms with Gasteiger partial charge in [0.1, 0.15) is 10.6 Å². The van der Waals surface area contributed by atoms with Crippen molar-refractivity contribution in [2.24, 2.45) is 0 Å². The standard InChI is InChI=1S/C14H21N5OS/c1-8(2)16-11(20)7-19(5)12-10-6-9(3)21-13(10)18-14(15-4)17-12/h6,8H,7H2,1-5H3,(H,16,20)(H,15,17,18). The molecular weight excluding hydrogens is 286 g/mol. The Hall–Kier alpha value is -1.89. The van der Waals surface area contributed by atoms with Crippen molar-refractivity contribution in [2.75, 3.05) is 30.9 Å². The van der Waals surface area contributed by atoms with Crippen molar-refractivity contribution in [2.45, 2.75) is 26.8 Å². The maximum absolute atomic E-state index is 11.9. The molecule has 0 saturated heterocycles. The number of aromatic nitrogens is 2. The summed E-state index contributed by atoms with van der Waals surface area (Å²) in [4.78, 5) is 24.8. The molecular formula is C14H21N5OS. The highest BCUT2D eigenvalue weighted by molar-refractivity contribution is 7.18. The summed E-state index contributed by atoms with van der Waals surface area (Å²) in [7, 11) is 3.66. The lowest BCUT2D eigenvalue weighted by atomic mass is 10.3. The van der Waals surface area contributed by atoms with Crippen LogP contribution in [0.25, 0.3) is 10.2 Å². The van der Waals surface area contributed by atoms with Crippen molar-refractivity contribution in [1.29, 1.82) is 0 Å². The van der Waals surface area contributed by atoms with E-state index in [0.717, 1.165) is 16.0 Å². The molecule has 2 aromatic heterocycles. The van der Waals surface area contributed by atoms with Gasteiger partial charge in [0.15, 0.2) is 0 Å². The van der Waals surface area contributed by atoms with Crippen molar-refractivity contribution < 1.29 is 4.79 Å². The van der Waals surface area contributed by atoms with Crippen LogP contribution < -0.4 is 15.5 Å². The number of hydrogen-bond acceptors (Lipinski definition) is 6. The van der Waals surface area contributed by atoms with Gasteiger partial charge in [0.2, 0.25) is 11.9 Å². The summed E-state index contributed by atoms with van der Waals surface area (Å²) in [5, 5.41) is 6.84. The molecule has 2 heterocycles. The van der Waals surface area contributed by atoms with Gasteiger partial charge in [-0.15, -0.1) is 11.3 Å². The molecule has 0 unspecified atom stereocenters. The van der Waals surface area contributed by atoms with Gasteiger partial charge in [0.05, 0.1) is 11.9 Å². The summed E-state index contributed by atoms with van der Waals surface area (Å²) in [6.45, 7) is 6.20. The predicted molar refractivity (Wildman–Crippen MR) is 88.2 cm³/mol. The van der Waals surface area contributed by atoms with Crippen molar-refractivity contribution in [3.8, 4) is 0 Å². The molecule has 114 valence electrons. The predicted octanol–water partition coefficient (Wildman–Crippen LogP) is 2.00. The number of thiophene rings is 1. The van der Waals surface area contributed by atoms with E-state index in [4.69, 9.17) is 0 Å². The topological polar surface area (TPSA) is 70.2 Å². The highest BCUT2D eigenvalue weighted by atomic mass is 32.1. The van der Waals surface area contributed by atoms with Gasteiger partial charge < -0.3 is 15.5 Å². The number of anilines is 2. The zero-order chi connectivity index (χ0) is 15.6. The van der Waals surface area contributed by atoms with Gasteiger partial charge in [-0.2, -0.15) is 4.98 Å². The highest BCUT2D eigenvalue weighted by Gasteiger charge is 2.16. The molecule has 6 nitrogen and oxygen atoms in total. The Bertz CT molecular complexity index is 652. The zero-order valence-electron chi connectivity index (χ0n) is 13.0. The number of rotatable bonds is 5. The second-order valence-electron chi connectivity index (χ2n) is 5.27. The molecule has 0 saturated carbocycles. The second kappa shape index (κ2) is 6.26. The highest BCUT2D eigenvalue weighted by Crippen LogP contribution is 2.31. The Morgan fingerprint density at radius 3 is 2.76 bits per heavy atom. The number of fused-ring (bicyclic) bond motifs is 1. The SMILES string of the molecule is CNc1nc(N(C)CC(=O)NC(C)C)c2cc(C)sc2n1. The number of likely N-dealkylation sites (N-methyl/N-ethyl adjacent to an activating group) is 1. The minimum absolute atomic E-state index is 0.0165. The lowest BCUT2D eigenvalue weighted by molar-refractivity contribution is -0.120.